The van der Waals surface area contributed by atoms with Crippen molar-refractivity contribution in [2.45, 2.75) is 36.3 Å². The van der Waals surface area contributed by atoms with Crippen molar-refractivity contribution in [3.8, 4) is 0 Å². The van der Waals surface area contributed by atoms with Gasteiger partial charge in [0.1, 0.15) is 0 Å². The fraction of sp³-hybridized carbons (Fsp3) is 0.500. The van der Waals surface area contributed by atoms with Gasteiger partial charge in [-0.05, 0) is 44.4 Å². The van der Waals surface area contributed by atoms with Gasteiger partial charge in [0.05, 0.1) is 10.3 Å². The van der Waals surface area contributed by atoms with Gasteiger partial charge in [-0.2, -0.15) is 0 Å². The van der Waals surface area contributed by atoms with Crippen LogP contribution in [0.15, 0.2) is 23.1 Å². The number of halogens is 2. The first-order valence-corrected chi connectivity index (χ1v) is 8.12. The monoisotopic (exact) mass is 317 g/mol. The first-order valence-electron chi connectivity index (χ1n) is 6.48. The lowest BCUT2D eigenvalue weighted by Gasteiger charge is -2.29. The van der Waals surface area contributed by atoms with Gasteiger partial charge in [-0.3, -0.25) is 4.79 Å². The van der Waals surface area contributed by atoms with Crippen molar-refractivity contribution in [3.63, 3.8) is 0 Å². The Kier molecular flexibility index (Phi) is 5.43. The van der Waals surface area contributed by atoms with Crippen molar-refractivity contribution in [2.75, 3.05) is 13.1 Å². The van der Waals surface area contributed by atoms with Crippen LogP contribution in [-0.2, 0) is 4.79 Å². The third-order valence-corrected chi connectivity index (χ3v) is 5.04. The Morgan fingerprint density at radius 2 is 1.95 bits per heavy atom. The molecule has 0 N–H and O–H groups in total. The van der Waals surface area contributed by atoms with E-state index in [-0.39, 0.29) is 11.2 Å². The molecule has 0 aromatic heterocycles. The molecule has 2 rings (SSSR count). The minimum Gasteiger partial charge on any atom is -0.342 e. The summed E-state index contributed by atoms with van der Waals surface area (Å²) in [4.78, 5) is 15.2. The van der Waals surface area contributed by atoms with Gasteiger partial charge >= 0.3 is 0 Å². The van der Waals surface area contributed by atoms with Gasteiger partial charge < -0.3 is 4.90 Å². The van der Waals surface area contributed by atoms with E-state index in [1.807, 2.05) is 17.9 Å². The SMILES string of the molecule is CC(Sc1cc(Cl)ccc1Cl)C(=O)N1CCCCC1. The summed E-state index contributed by atoms with van der Waals surface area (Å²) in [5.41, 5.74) is 0. The summed E-state index contributed by atoms with van der Waals surface area (Å²) >= 11 is 13.6. The highest BCUT2D eigenvalue weighted by atomic mass is 35.5. The highest BCUT2D eigenvalue weighted by Gasteiger charge is 2.23. The quantitative estimate of drug-likeness (QED) is 0.766. The molecule has 1 fully saturated rings. The highest BCUT2D eigenvalue weighted by Crippen LogP contribution is 2.33. The van der Waals surface area contributed by atoms with E-state index < -0.39 is 0 Å². The number of piperidine rings is 1. The summed E-state index contributed by atoms with van der Waals surface area (Å²) < 4.78 is 0. The zero-order valence-electron chi connectivity index (χ0n) is 10.9. The van der Waals surface area contributed by atoms with Crippen molar-refractivity contribution in [3.05, 3.63) is 28.2 Å². The van der Waals surface area contributed by atoms with Gasteiger partial charge in [0.2, 0.25) is 5.91 Å². The van der Waals surface area contributed by atoms with Crippen molar-refractivity contribution < 1.29 is 4.79 Å². The molecule has 1 heterocycles. The maximum absolute atomic E-state index is 12.3. The second kappa shape index (κ2) is 6.87. The molecule has 104 valence electrons. The molecule has 2 nitrogen and oxygen atoms in total. The summed E-state index contributed by atoms with van der Waals surface area (Å²) in [7, 11) is 0. The summed E-state index contributed by atoms with van der Waals surface area (Å²) in [5.74, 6) is 0.195. The number of rotatable bonds is 3. The Morgan fingerprint density at radius 1 is 1.26 bits per heavy atom. The van der Waals surface area contributed by atoms with Crippen molar-refractivity contribution >= 4 is 40.9 Å². The van der Waals surface area contributed by atoms with Gasteiger partial charge in [-0.15, -0.1) is 11.8 Å². The van der Waals surface area contributed by atoms with E-state index in [1.165, 1.54) is 18.2 Å². The molecule has 0 saturated carbocycles. The third-order valence-electron chi connectivity index (χ3n) is 3.21. The molecular weight excluding hydrogens is 301 g/mol. The summed E-state index contributed by atoms with van der Waals surface area (Å²) in [6, 6.07) is 5.34. The summed E-state index contributed by atoms with van der Waals surface area (Å²) in [6.45, 7) is 3.69. The number of hydrogen-bond acceptors (Lipinski definition) is 2. The molecule has 0 aliphatic carbocycles. The first kappa shape index (κ1) is 15.0. The Morgan fingerprint density at radius 3 is 2.63 bits per heavy atom. The van der Waals surface area contributed by atoms with E-state index in [9.17, 15) is 4.79 Å². The van der Waals surface area contributed by atoms with Gasteiger partial charge in [-0.25, -0.2) is 0 Å². The molecule has 1 unspecified atom stereocenters. The van der Waals surface area contributed by atoms with Crippen LogP contribution in [0.25, 0.3) is 0 Å². The number of carbonyl (C=O) groups excluding carboxylic acids is 1. The molecule has 19 heavy (non-hydrogen) atoms. The number of benzene rings is 1. The largest absolute Gasteiger partial charge is 0.342 e. The standard InChI is InChI=1S/C14H17Cl2NOS/c1-10(14(18)17-7-3-2-4-8-17)19-13-9-11(15)5-6-12(13)16/h5-6,9-10H,2-4,7-8H2,1H3. The van der Waals surface area contributed by atoms with Crippen molar-refractivity contribution in [1.29, 1.82) is 0 Å². The Hall–Kier alpha value is -0.380. The molecule has 1 aliphatic rings. The zero-order chi connectivity index (χ0) is 13.8. The molecule has 1 aliphatic heterocycles. The van der Waals surface area contributed by atoms with E-state index >= 15 is 0 Å². The summed E-state index contributed by atoms with van der Waals surface area (Å²) in [6.07, 6.45) is 3.45. The molecule has 0 radical (unpaired) electrons. The van der Waals surface area contributed by atoms with Crippen LogP contribution in [0.2, 0.25) is 10.0 Å². The van der Waals surface area contributed by atoms with Crippen LogP contribution in [0.5, 0.6) is 0 Å². The van der Waals surface area contributed by atoms with Gasteiger partial charge in [0.25, 0.3) is 0 Å². The summed E-state index contributed by atoms with van der Waals surface area (Å²) in [5, 5.41) is 1.16. The fourth-order valence-corrected chi connectivity index (χ4v) is 3.67. The first-order chi connectivity index (χ1) is 9.08. The topological polar surface area (TPSA) is 20.3 Å². The van der Waals surface area contributed by atoms with Crippen molar-refractivity contribution in [2.24, 2.45) is 0 Å². The lowest BCUT2D eigenvalue weighted by Crippen LogP contribution is -2.40. The number of nitrogens with zero attached hydrogens (tertiary/aromatic N) is 1. The Balaban J connectivity index is 2.01. The van der Waals surface area contributed by atoms with Crippen molar-refractivity contribution in [1.82, 2.24) is 4.90 Å². The molecule has 1 saturated heterocycles. The molecule has 1 aromatic rings. The highest BCUT2D eigenvalue weighted by molar-refractivity contribution is 8.00. The molecule has 1 atom stereocenters. The van der Waals surface area contributed by atoms with E-state index in [0.29, 0.717) is 10.0 Å². The molecule has 1 amide bonds. The van der Waals surface area contributed by atoms with E-state index in [4.69, 9.17) is 23.2 Å². The fourth-order valence-electron chi connectivity index (χ4n) is 2.18. The average molecular weight is 318 g/mol. The molecule has 0 bridgehead atoms. The van der Waals surface area contributed by atoms with Crippen LogP contribution in [0.1, 0.15) is 26.2 Å². The van der Waals surface area contributed by atoms with Crippen LogP contribution >= 0.6 is 35.0 Å². The van der Waals surface area contributed by atoms with E-state index in [0.717, 1.165) is 30.8 Å². The number of amides is 1. The van der Waals surface area contributed by atoms with E-state index in [2.05, 4.69) is 0 Å². The smallest absolute Gasteiger partial charge is 0.235 e. The van der Waals surface area contributed by atoms with Gasteiger partial charge in [-0.1, -0.05) is 23.2 Å². The lowest BCUT2D eigenvalue weighted by atomic mass is 10.1. The van der Waals surface area contributed by atoms with Gasteiger partial charge in [0, 0.05) is 23.0 Å². The van der Waals surface area contributed by atoms with Crippen LogP contribution < -0.4 is 0 Å². The normalized spacial score (nSPS) is 17.3. The van der Waals surface area contributed by atoms with Crippen LogP contribution in [0, 0.1) is 0 Å². The van der Waals surface area contributed by atoms with Crippen LogP contribution in [-0.4, -0.2) is 29.1 Å². The second-order valence-electron chi connectivity index (χ2n) is 4.72. The predicted octanol–water partition coefficient (Wildman–Crippen LogP) is 4.49. The molecular formula is C14H17Cl2NOS. The average Bonchev–Trinajstić information content (AvgIpc) is 2.43. The number of likely N-dealkylation sites (tertiary alicyclic amines) is 1. The Bertz CT molecular complexity index is 461. The maximum atomic E-state index is 12.3. The Labute approximate surface area is 128 Å². The lowest BCUT2D eigenvalue weighted by molar-refractivity contribution is -0.131. The molecule has 0 spiro atoms. The minimum atomic E-state index is -0.130. The number of thioether (sulfide) groups is 1. The molecule has 5 heteroatoms. The molecule has 1 aromatic carbocycles. The maximum Gasteiger partial charge on any atom is 0.235 e. The van der Waals surface area contributed by atoms with Crippen LogP contribution in [0.4, 0.5) is 0 Å². The van der Waals surface area contributed by atoms with Gasteiger partial charge in [0.15, 0.2) is 0 Å². The van der Waals surface area contributed by atoms with Crippen LogP contribution in [0.3, 0.4) is 0 Å². The zero-order valence-corrected chi connectivity index (χ0v) is 13.2. The third kappa shape index (κ3) is 4.04. The second-order valence-corrected chi connectivity index (χ2v) is 6.95. The number of carbonyl (C=O) groups is 1. The predicted molar refractivity (Wildman–Crippen MR) is 82.2 cm³/mol. The van der Waals surface area contributed by atoms with E-state index in [1.54, 1.807) is 12.1 Å². The number of hydrogen-bond donors (Lipinski definition) is 0. The minimum absolute atomic E-state index is 0.130.